The normalized spacial score (nSPS) is 10.6. The zero-order chi connectivity index (χ0) is 10.1. The summed E-state index contributed by atoms with van der Waals surface area (Å²) in [6, 6.07) is 3.64. The zero-order valence-corrected chi connectivity index (χ0v) is 9.56. The quantitative estimate of drug-likeness (QED) is 0.672. The summed E-state index contributed by atoms with van der Waals surface area (Å²) in [5.41, 5.74) is 1.49. The molecule has 0 amide bonds. The fourth-order valence-electron chi connectivity index (χ4n) is 1.45. The first kappa shape index (κ1) is 9.68. The highest BCUT2D eigenvalue weighted by atomic mass is 79.9. The number of carbonyl (C=O) groups excluding carboxylic acids is 1. The number of benzene rings is 1. The Hall–Kier alpha value is -0.870. The number of hydrogen-bond donors (Lipinski definition) is 1. The Balaban J connectivity index is 2.87. The fraction of sp³-hybridized carbons (Fsp3) is 0.100. The molecule has 1 aromatic heterocycles. The standard InChI is InChI=1S/C10H7BrO2S/c11-3-7-6(4-12)1-2-9-10(7)8(13)5-14-9/h1-2,4-5,13H,3H2. The lowest BCUT2D eigenvalue weighted by molar-refractivity contribution is 0.112. The van der Waals surface area contributed by atoms with Crippen molar-refractivity contribution in [3.05, 3.63) is 28.6 Å². The number of rotatable bonds is 2. The van der Waals surface area contributed by atoms with Crippen molar-refractivity contribution in [2.45, 2.75) is 5.33 Å². The third-order valence-corrected chi connectivity index (χ3v) is 3.62. The Morgan fingerprint density at radius 1 is 1.50 bits per heavy atom. The number of aromatic hydroxyl groups is 1. The average Bonchev–Trinajstić information content (AvgIpc) is 2.59. The number of thiophene rings is 1. The van der Waals surface area contributed by atoms with Crippen LogP contribution in [0.25, 0.3) is 10.1 Å². The molecule has 0 aliphatic rings. The van der Waals surface area contributed by atoms with Crippen LogP contribution in [0.15, 0.2) is 17.5 Å². The molecule has 0 aliphatic carbocycles. The predicted octanol–water partition coefficient (Wildman–Crippen LogP) is 3.31. The molecule has 4 heteroatoms. The Kier molecular flexibility index (Phi) is 2.56. The van der Waals surface area contributed by atoms with E-state index in [1.54, 1.807) is 11.4 Å². The highest BCUT2D eigenvalue weighted by Gasteiger charge is 2.11. The van der Waals surface area contributed by atoms with E-state index in [1.807, 2.05) is 6.07 Å². The van der Waals surface area contributed by atoms with E-state index in [0.29, 0.717) is 10.9 Å². The lowest BCUT2D eigenvalue weighted by Crippen LogP contribution is -1.89. The molecule has 0 radical (unpaired) electrons. The molecule has 0 spiro atoms. The third kappa shape index (κ3) is 1.35. The summed E-state index contributed by atoms with van der Waals surface area (Å²) in [6.07, 6.45) is 0.813. The molecule has 0 saturated heterocycles. The number of halogens is 1. The van der Waals surface area contributed by atoms with Gasteiger partial charge in [-0.25, -0.2) is 0 Å². The van der Waals surface area contributed by atoms with Crippen LogP contribution in [0.2, 0.25) is 0 Å². The van der Waals surface area contributed by atoms with Gasteiger partial charge < -0.3 is 5.11 Å². The van der Waals surface area contributed by atoms with Crippen molar-refractivity contribution >= 4 is 43.6 Å². The number of alkyl halides is 1. The molecule has 2 aromatic rings. The van der Waals surface area contributed by atoms with Crippen molar-refractivity contribution < 1.29 is 9.90 Å². The molecule has 2 rings (SSSR count). The zero-order valence-electron chi connectivity index (χ0n) is 7.16. The van der Waals surface area contributed by atoms with Gasteiger partial charge in [0.15, 0.2) is 0 Å². The molecular weight excluding hydrogens is 264 g/mol. The first-order valence-electron chi connectivity index (χ1n) is 4.01. The van der Waals surface area contributed by atoms with Gasteiger partial charge in [0.1, 0.15) is 12.0 Å². The predicted molar refractivity (Wildman–Crippen MR) is 61.5 cm³/mol. The monoisotopic (exact) mass is 270 g/mol. The van der Waals surface area contributed by atoms with Crippen LogP contribution in [0, 0.1) is 0 Å². The second kappa shape index (κ2) is 3.71. The number of carbonyl (C=O) groups is 1. The lowest BCUT2D eigenvalue weighted by Gasteiger charge is -2.02. The molecule has 2 nitrogen and oxygen atoms in total. The molecule has 0 fully saturated rings. The van der Waals surface area contributed by atoms with Crippen LogP contribution in [0.1, 0.15) is 15.9 Å². The molecule has 0 atom stereocenters. The van der Waals surface area contributed by atoms with Crippen molar-refractivity contribution in [2.24, 2.45) is 0 Å². The smallest absolute Gasteiger partial charge is 0.150 e. The molecule has 0 aliphatic heterocycles. The molecule has 1 heterocycles. The van der Waals surface area contributed by atoms with Crippen LogP contribution in [-0.2, 0) is 5.33 Å². The summed E-state index contributed by atoms with van der Waals surface area (Å²) >= 11 is 4.80. The Labute approximate surface area is 93.3 Å². The van der Waals surface area contributed by atoms with Crippen LogP contribution in [0.5, 0.6) is 5.75 Å². The molecule has 0 bridgehead atoms. The molecule has 72 valence electrons. The number of aldehydes is 1. The van der Waals surface area contributed by atoms with E-state index < -0.39 is 0 Å². The highest BCUT2D eigenvalue weighted by molar-refractivity contribution is 9.08. The van der Waals surface area contributed by atoms with Gasteiger partial charge in [0.25, 0.3) is 0 Å². The summed E-state index contributed by atoms with van der Waals surface area (Å²) in [6.45, 7) is 0. The van der Waals surface area contributed by atoms with Gasteiger partial charge in [0.05, 0.1) is 0 Å². The second-order valence-corrected chi connectivity index (χ2v) is 4.35. The van der Waals surface area contributed by atoms with Crippen LogP contribution in [-0.4, -0.2) is 11.4 Å². The average molecular weight is 271 g/mol. The minimum Gasteiger partial charge on any atom is -0.506 e. The van der Waals surface area contributed by atoms with Crippen LogP contribution in [0.3, 0.4) is 0 Å². The van der Waals surface area contributed by atoms with Crippen molar-refractivity contribution in [3.63, 3.8) is 0 Å². The maximum absolute atomic E-state index is 10.8. The summed E-state index contributed by atoms with van der Waals surface area (Å²) in [5.74, 6) is 0.253. The molecule has 0 unspecified atom stereocenters. The van der Waals surface area contributed by atoms with E-state index in [9.17, 15) is 9.90 Å². The summed E-state index contributed by atoms with van der Waals surface area (Å²) in [4.78, 5) is 10.8. The van der Waals surface area contributed by atoms with Gasteiger partial charge in [-0.05, 0) is 17.7 Å². The first-order valence-corrected chi connectivity index (χ1v) is 6.01. The van der Waals surface area contributed by atoms with Crippen molar-refractivity contribution in [1.82, 2.24) is 0 Å². The molecule has 0 saturated carbocycles. The molecular formula is C10H7BrO2S. The van der Waals surface area contributed by atoms with Gasteiger partial charge in [-0.1, -0.05) is 15.9 Å². The second-order valence-electron chi connectivity index (χ2n) is 2.88. The Bertz CT molecular complexity index is 490. The largest absolute Gasteiger partial charge is 0.506 e. The SMILES string of the molecule is O=Cc1ccc2scc(O)c2c1CBr. The summed E-state index contributed by atoms with van der Waals surface area (Å²) in [7, 11) is 0. The van der Waals surface area contributed by atoms with Crippen molar-refractivity contribution in [1.29, 1.82) is 0 Å². The minimum atomic E-state index is 0.253. The van der Waals surface area contributed by atoms with Crippen molar-refractivity contribution in [2.75, 3.05) is 0 Å². The van der Waals surface area contributed by atoms with Crippen LogP contribution < -0.4 is 0 Å². The van der Waals surface area contributed by atoms with Gasteiger partial charge in [-0.2, -0.15) is 0 Å². The summed E-state index contributed by atoms with van der Waals surface area (Å²) in [5, 5.41) is 12.7. The Morgan fingerprint density at radius 3 is 2.93 bits per heavy atom. The van der Waals surface area contributed by atoms with Gasteiger partial charge >= 0.3 is 0 Å². The lowest BCUT2D eigenvalue weighted by atomic mass is 10.1. The molecule has 14 heavy (non-hydrogen) atoms. The van der Waals surface area contributed by atoms with Gasteiger partial charge in [-0.15, -0.1) is 11.3 Å². The van der Waals surface area contributed by atoms with Gasteiger partial charge in [0, 0.05) is 26.4 Å². The van der Waals surface area contributed by atoms with E-state index >= 15 is 0 Å². The maximum Gasteiger partial charge on any atom is 0.150 e. The maximum atomic E-state index is 10.8. The third-order valence-electron chi connectivity index (χ3n) is 2.13. The highest BCUT2D eigenvalue weighted by Crippen LogP contribution is 2.36. The van der Waals surface area contributed by atoms with E-state index in [-0.39, 0.29) is 5.75 Å². The number of fused-ring (bicyclic) bond motifs is 1. The minimum absolute atomic E-state index is 0.253. The van der Waals surface area contributed by atoms with E-state index in [2.05, 4.69) is 15.9 Å². The van der Waals surface area contributed by atoms with Crippen LogP contribution >= 0.6 is 27.3 Å². The Morgan fingerprint density at radius 2 is 2.29 bits per heavy atom. The topological polar surface area (TPSA) is 37.3 Å². The van der Waals surface area contributed by atoms with E-state index in [0.717, 1.165) is 21.9 Å². The van der Waals surface area contributed by atoms with E-state index in [4.69, 9.17) is 0 Å². The fourth-order valence-corrected chi connectivity index (χ4v) is 2.91. The van der Waals surface area contributed by atoms with Gasteiger partial charge in [0.2, 0.25) is 0 Å². The van der Waals surface area contributed by atoms with Gasteiger partial charge in [-0.3, -0.25) is 4.79 Å². The molecule has 1 aromatic carbocycles. The summed E-state index contributed by atoms with van der Waals surface area (Å²) < 4.78 is 1.00. The van der Waals surface area contributed by atoms with E-state index in [1.165, 1.54) is 11.3 Å². The van der Waals surface area contributed by atoms with Crippen molar-refractivity contribution in [3.8, 4) is 5.75 Å². The first-order chi connectivity index (χ1) is 6.77. The number of hydrogen-bond acceptors (Lipinski definition) is 3. The molecule has 1 N–H and O–H groups in total. The van der Waals surface area contributed by atoms with Crippen LogP contribution in [0.4, 0.5) is 0 Å².